The lowest BCUT2D eigenvalue weighted by molar-refractivity contribution is 0.451. The number of benzene rings is 1. The number of aromatic nitrogens is 2. The summed E-state index contributed by atoms with van der Waals surface area (Å²) in [4.78, 5) is 8.16. The maximum atomic E-state index is 13.5. The first-order valence-electron chi connectivity index (χ1n) is 6.09. The van der Waals surface area contributed by atoms with Crippen LogP contribution in [0.2, 0.25) is 5.02 Å². The van der Waals surface area contributed by atoms with Crippen molar-refractivity contribution in [1.29, 1.82) is 0 Å². The molecule has 0 unspecified atom stereocenters. The van der Waals surface area contributed by atoms with Gasteiger partial charge >= 0.3 is 0 Å². The number of rotatable bonds is 5. The molecule has 1 aromatic carbocycles. The number of nitrogens with one attached hydrogen (secondary N) is 1. The number of hydrogen-bond acceptors (Lipinski definition) is 4. The molecule has 0 atom stereocenters. The summed E-state index contributed by atoms with van der Waals surface area (Å²) in [6.45, 7) is 2.82. The third-order valence-corrected chi connectivity index (χ3v) is 4.11. The summed E-state index contributed by atoms with van der Waals surface area (Å²) in [6, 6.07) is 2.62. The Morgan fingerprint density at radius 3 is 2.81 bits per heavy atom. The summed E-state index contributed by atoms with van der Waals surface area (Å²) in [5.74, 6) is 0.612. The van der Waals surface area contributed by atoms with E-state index in [1.807, 2.05) is 6.92 Å². The highest BCUT2D eigenvalue weighted by Crippen LogP contribution is 2.37. The fourth-order valence-electron chi connectivity index (χ4n) is 1.48. The Morgan fingerprint density at radius 2 is 2.10 bits per heavy atom. The molecule has 0 spiro atoms. The second-order valence-corrected chi connectivity index (χ2v) is 6.12. The minimum absolute atomic E-state index is 0.0151. The van der Waals surface area contributed by atoms with Gasteiger partial charge < -0.3 is 10.1 Å². The molecule has 0 bridgehead atoms. The molecule has 0 aliphatic heterocycles. The standard InChI is InChI=1S/C13H11Br2ClFN3O/c1-2-3-18-12-11(15)13(20-6-19-12)21-10-5-9(17)8(16)4-7(10)14/h4-6H,2-3H2,1H3,(H,18,19,20). The third-order valence-electron chi connectivity index (χ3n) is 2.48. The highest BCUT2D eigenvalue weighted by molar-refractivity contribution is 9.11. The van der Waals surface area contributed by atoms with Gasteiger partial charge in [0.1, 0.15) is 28.2 Å². The van der Waals surface area contributed by atoms with Gasteiger partial charge in [-0.3, -0.25) is 0 Å². The van der Waals surface area contributed by atoms with E-state index in [1.54, 1.807) is 0 Å². The van der Waals surface area contributed by atoms with Gasteiger partial charge in [-0.2, -0.15) is 0 Å². The molecular weight excluding hydrogens is 428 g/mol. The Kier molecular flexibility index (Phi) is 5.78. The van der Waals surface area contributed by atoms with Crippen LogP contribution in [-0.4, -0.2) is 16.5 Å². The van der Waals surface area contributed by atoms with Gasteiger partial charge in [0, 0.05) is 12.6 Å². The van der Waals surface area contributed by atoms with Gasteiger partial charge in [-0.1, -0.05) is 18.5 Å². The van der Waals surface area contributed by atoms with Crippen LogP contribution in [0.15, 0.2) is 27.4 Å². The highest BCUT2D eigenvalue weighted by atomic mass is 79.9. The van der Waals surface area contributed by atoms with Crippen LogP contribution in [0.3, 0.4) is 0 Å². The van der Waals surface area contributed by atoms with Crippen molar-refractivity contribution in [3.8, 4) is 11.6 Å². The lowest BCUT2D eigenvalue weighted by Gasteiger charge is -2.11. The molecule has 0 saturated heterocycles. The minimum Gasteiger partial charge on any atom is -0.436 e. The maximum absolute atomic E-state index is 13.5. The molecule has 0 aliphatic carbocycles. The molecule has 21 heavy (non-hydrogen) atoms. The van der Waals surface area contributed by atoms with E-state index in [1.165, 1.54) is 18.5 Å². The van der Waals surface area contributed by atoms with Crippen LogP contribution in [0.1, 0.15) is 13.3 Å². The van der Waals surface area contributed by atoms with Crippen molar-refractivity contribution in [3.63, 3.8) is 0 Å². The van der Waals surface area contributed by atoms with E-state index in [9.17, 15) is 4.39 Å². The van der Waals surface area contributed by atoms with Gasteiger partial charge in [0.25, 0.3) is 0 Å². The second kappa shape index (κ2) is 7.38. The van der Waals surface area contributed by atoms with Crippen LogP contribution >= 0.6 is 43.5 Å². The molecule has 0 fully saturated rings. The molecule has 2 rings (SSSR count). The Labute approximate surface area is 143 Å². The molecular formula is C13H11Br2ClFN3O. The van der Waals surface area contributed by atoms with Gasteiger partial charge in [-0.05, 0) is 44.3 Å². The molecule has 112 valence electrons. The van der Waals surface area contributed by atoms with Crippen molar-refractivity contribution in [2.45, 2.75) is 13.3 Å². The predicted molar refractivity (Wildman–Crippen MR) is 87.7 cm³/mol. The third kappa shape index (κ3) is 4.05. The van der Waals surface area contributed by atoms with Gasteiger partial charge in [-0.25, -0.2) is 14.4 Å². The zero-order chi connectivity index (χ0) is 15.4. The average Bonchev–Trinajstić information content (AvgIpc) is 2.45. The van der Waals surface area contributed by atoms with Crippen LogP contribution in [0, 0.1) is 5.82 Å². The van der Waals surface area contributed by atoms with Gasteiger partial charge in [0.05, 0.1) is 9.50 Å². The quantitative estimate of drug-likeness (QED) is 0.633. The van der Waals surface area contributed by atoms with E-state index in [2.05, 4.69) is 47.1 Å². The monoisotopic (exact) mass is 437 g/mol. The molecule has 0 radical (unpaired) electrons. The van der Waals surface area contributed by atoms with Gasteiger partial charge in [0.15, 0.2) is 0 Å². The summed E-state index contributed by atoms with van der Waals surface area (Å²) in [5.41, 5.74) is 0. The summed E-state index contributed by atoms with van der Waals surface area (Å²) in [5, 5.41) is 3.15. The molecule has 0 aliphatic rings. The SMILES string of the molecule is CCCNc1ncnc(Oc2cc(F)c(Cl)cc2Br)c1Br. The number of nitrogens with zero attached hydrogens (tertiary/aromatic N) is 2. The first-order chi connectivity index (χ1) is 10.0. The van der Waals surface area contributed by atoms with Crippen LogP contribution in [0.5, 0.6) is 11.6 Å². The number of anilines is 1. The Hall–Kier alpha value is -0.920. The van der Waals surface area contributed by atoms with E-state index < -0.39 is 5.82 Å². The van der Waals surface area contributed by atoms with E-state index in [4.69, 9.17) is 16.3 Å². The minimum atomic E-state index is -0.565. The predicted octanol–water partition coefficient (Wildman–Crippen LogP) is 5.41. The first-order valence-corrected chi connectivity index (χ1v) is 8.06. The van der Waals surface area contributed by atoms with Crippen molar-refractivity contribution >= 4 is 49.3 Å². The lowest BCUT2D eigenvalue weighted by atomic mass is 10.3. The molecule has 4 nitrogen and oxygen atoms in total. The zero-order valence-corrected chi connectivity index (χ0v) is 14.9. The van der Waals surface area contributed by atoms with Crippen LogP contribution in [-0.2, 0) is 0 Å². The molecule has 1 N–H and O–H groups in total. The highest BCUT2D eigenvalue weighted by Gasteiger charge is 2.14. The van der Waals surface area contributed by atoms with Crippen molar-refractivity contribution in [1.82, 2.24) is 9.97 Å². The zero-order valence-electron chi connectivity index (χ0n) is 11.0. The topological polar surface area (TPSA) is 47.0 Å². The number of hydrogen-bond donors (Lipinski definition) is 1. The normalized spacial score (nSPS) is 10.5. The van der Waals surface area contributed by atoms with Gasteiger partial charge in [-0.15, -0.1) is 0 Å². The smallest absolute Gasteiger partial charge is 0.238 e. The fourth-order valence-corrected chi connectivity index (χ4v) is 2.62. The van der Waals surface area contributed by atoms with Crippen molar-refractivity contribution in [2.75, 3.05) is 11.9 Å². The fraction of sp³-hybridized carbons (Fsp3) is 0.231. The van der Waals surface area contributed by atoms with E-state index in [0.717, 1.165) is 13.0 Å². The molecule has 1 heterocycles. The Bertz CT molecular complexity index is 658. The average molecular weight is 440 g/mol. The van der Waals surface area contributed by atoms with Gasteiger partial charge in [0.2, 0.25) is 5.88 Å². The van der Waals surface area contributed by atoms with Crippen LogP contribution in [0.25, 0.3) is 0 Å². The lowest BCUT2D eigenvalue weighted by Crippen LogP contribution is -2.04. The molecule has 1 aromatic heterocycles. The first kappa shape index (κ1) is 16.5. The second-order valence-electron chi connectivity index (χ2n) is 4.07. The van der Waals surface area contributed by atoms with E-state index in [0.29, 0.717) is 14.8 Å². The molecule has 0 amide bonds. The van der Waals surface area contributed by atoms with E-state index >= 15 is 0 Å². The summed E-state index contributed by atoms with van der Waals surface area (Å²) in [6.07, 6.45) is 2.33. The molecule has 2 aromatic rings. The van der Waals surface area contributed by atoms with Crippen LogP contribution < -0.4 is 10.1 Å². The van der Waals surface area contributed by atoms with Crippen LogP contribution in [0.4, 0.5) is 10.2 Å². The number of halogens is 4. The maximum Gasteiger partial charge on any atom is 0.238 e. The van der Waals surface area contributed by atoms with Crippen molar-refractivity contribution in [2.24, 2.45) is 0 Å². The molecule has 8 heteroatoms. The summed E-state index contributed by atoms with van der Waals surface area (Å²) in [7, 11) is 0. The van der Waals surface area contributed by atoms with Crippen molar-refractivity contribution in [3.05, 3.63) is 38.2 Å². The summed E-state index contributed by atoms with van der Waals surface area (Å²) >= 11 is 12.3. The van der Waals surface area contributed by atoms with E-state index in [-0.39, 0.29) is 16.7 Å². The van der Waals surface area contributed by atoms with Crippen molar-refractivity contribution < 1.29 is 9.13 Å². The Morgan fingerprint density at radius 1 is 1.33 bits per heavy atom. The summed E-state index contributed by atoms with van der Waals surface area (Å²) < 4.78 is 20.2. The Balaban J connectivity index is 2.29. The number of ether oxygens (including phenoxy) is 1. The largest absolute Gasteiger partial charge is 0.436 e. The molecule has 0 saturated carbocycles.